The number of amides is 2. The van der Waals surface area contributed by atoms with Gasteiger partial charge in [-0.15, -0.1) is 11.3 Å². The SMILES string of the molecule is CN(CC(=O)N1CCCC(C(=O)O)C1)C(=O)c1cc2c(s1)CCOC2. The second-order valence-corrected chi connectivity index (χ2v) is 7.68. The van der Waals surface area contributed by atoms with E-state index in [2.05, 4.69) is 0 Å². The molecule has 1 unspecified atom stereocenters. The number of rotatable bonds is 4. The fraction of sp³-hybridized carbons (Fsp3) is 0.588. The summed E-state index contributed by atoms with van der Waals surface area (Å²) in [4.78, 5) is 40.9. The molecule has 0 bridgehead atoms. The topological polar surface area (TPSA) is 87.2 Å². The predicted molar refractivity (Wildman–Crippen MR) is 91.6 cm³/mol. The monoisotopic (exact) mass is 366 g/mol. The van der Waals surface area contributed by atoms with Crippen molar-refractivity contribution in [1.29, 1.82) is 0 Å². The number of likely N-dealkylation sites (N-methyl/N-ethyl adjacent to an activating group) is 1. The van der Waals surface area contributed by atoms with Crippen molar-refractivity contribution in [2.75, 3.05) is 33.3 Å². The number of piperidine rings is 1. The molecule has 1 aromatic rings. The fourth-order valence-electron chi connectivity index (χ4n) is 3.22. The van der Waals surface area contributed by atoms with Crippen LogP contribution in [0.2, 0.25) is 0 Å². The average molecular weight is 366 g/mol. The van der Waals surface area contributed by atoms with Crippen LogP contribution >= 0.6 is 11.3 Å². The number of hydrogen-bond donors (Lipinski definition) is 1. The van der Waals surface area contributed by atoms with Gasteiger partial charge in [0.25, 0.3) is 5.91 Å². The molecule has 0 spiro atoms. The maximum absolute atomic E-state index is 12.6. The minimum Gasteiger partial charge on any atom is -0.481 e. The van der Waals surface area contributed by atoms with Crippen LogP contribution in [0.15, 0.2) is 6.07 Å². The maximum Gasteiger partial charge on any atom is 0.308 e. The van der Waals surface area contributed by atoms with E-state index < -0.39 is 11.9 Å². The summed E-state index contributed by atoms with van der Waals surface area (Å²) in [7, 11) is 1.61. The summed E-state index contributed by atoms with van der Waals surface area (Å²) in [6.07, 6.45) is 2.09. The number of nitrogens with zero attached hydrogens (tertiary/aromatic N) is 2. The fourth-order valence-corrected chi connectivity index (χ4v) is 4.36. The molecule has 0 saturated carbocycles. The standard InChI is InChI=1S/C17H22N2O5S/c1-18(9-15(20)19-5-2-3-11(8-19)17(22)23)16(21)14-7-12-10-24-6-4-13(12)25-14/h7,11H,2-6,8-10H2,1H3,(H,22,23). The average Bonchev–Trinajstić information content (AvgIpc) is 3.05. The van der Waals surface area contributed by atoms with E-state index in [0.29, 0.717) is 37.5 Å². The molecule has 1 fully saturated rings. The van der Waals surface area contributed by atoms with Crippen molar-refractivity contribution in [3.05, 3.63) is 21.4 Å². The van der Waals surface area contributed by atoms with Crippen LogP contribution < -0.4 is 0 Å². The van der Waals surface area contributed by atoms with Gasteiger partial charge in [0, 0.05) is 31.4 Å². The summed E-state index contributed by atoms with van der Waals surface area (Å²) in [5, 5.41) is 9.13. The van der Waals surface area contributed by atoms with Gasteiger partial charge in [0.2, 0.25) is 5.91 Å². The second kappa shape index (κ2) is 7.53. The molecule has 2 aliphatic rings. The highest BCUT2D eigenvalue weighted by molar-refractivity contribution is 7.14. The number of thiophene rings is 1. The van der Waals surface area contributed by atoms with Crippen LogP contribution in [0.25, 0.3) is 0 Å². The van der Waals surface area contributed by atoms with Crippen molar-refractivity contribution in [2.24, 2.45) is 5.92 Å². The third-order valence-corrected chi connectivity index (χ3v) is 5.91. The van der Waals surface area contributed by atoms with Crippen molar-refractivity contribution >= 4 is 29.1 Å². The van der Waals surface area contributed by atoms with Gasteiger partial charge in [0.05, 0.1) is 30.6 Å². The molecular weight excluding hydrogens is 344 g/mol. The summed E-state index contributed by atoms with van der Waals surface area (Å²) in [5.41, 5.74) is 1.06. The molecule has 7 nitrogen and oxygen atoms in total. The van der Waals surface area contributed by atoms with Gasteiger partial charge < -0.3 is 19.6 Å². The third kappa shape index (κ3) is 4.01. The highest BCUT2D eigenvalue weighted by atomic mass is 32.1. The molecule has 3 rings (SSSR count). The third-order valence-electron chi connectivity index (χ3n) is 4.68. The molecule has 8 heteroatoms. The predicted octanol–water partition coefficient (Wildman–Crippen LogP) is 1.22. The normalized spacial score (nSPS) is 20.0. The van der Waals surface area contributed by atoms with E-state index in [1.807, 2.05) is 6.07 Å². The first-order chi connectivity index (χ1) is 12.0. The van der Waals surface area contributed by atoms with Gasteiger partial charge in [-0.05, 0) is 24.5 Å². The maximum atomic E-state index is 12.6. The van der Waals surface area contributed by atoms with Gasteiger partial charge in [-0.1, -0.05) is 0 Å². The number of fused-ring (bicyclic) bond motifs is 1. The van der Waals surface area contributed by atoms with E-state index in [1.165, 1.54) is 21.1 Å². The number of likely N-dealkylation sites (tertiary alicyclic amines) is 1. The Hall–Kier alpha value is -1.93. The van der Waals surface area contributed by atoms with Crippen LogP contribution in [0, 0.1) is 5.92 Å². The first-order valence-corrected chi connectivity index (χ1v) is 9.22. The summed E-state index contributed by atoms with van der Waals surface area (Å²) < 4.78 is 5.40. The van der Waals surface area contributed by atoms with Crippen molar-refractivity contribution < 1.29 is 24.2 Å². The van der Waals surface area contributed by atoms with E-state index >= 15 is 0 Å². The van der Waals surface area contributed by atoms with E-state index in [-0.39, 0.29) is 24.9 Å². The number of carbonyl (C=O) groups excluding carboxylic acids is 2. The Morgan fingerprint density at radius 3 is 2.96 bits per heavy atom. The molecule has 3 heterocycles. The summed E-state index contributed by atoms with van der Waals surface area (Å²) in [6.45, 7) is 1.95. The zero-order chi connectivity index (χ0) is 18.0. The van der Waals surface area contributed by atoms with Gasteiger partial charge in [-0.25, -0.2) is 0 Å². The largest absolute Gasteiger partial charge is 0.481 e. The van der Waals surface area contributed by atoms with Crippen molar-refractivity contribution in [1.82, 2.24) is 9.80 Å². The first-order valence-electron chi connectivity index (χ1n) is 8.41. The molecule has 1 aromatic heterocycles. The van der Waals surface area contributed by atoms with Crippen LogP contribution in [0.1, 0.15) is 33.0 Å². The Bertz CT molecular complexity index is 663. The highest BCUT2D eigenvalue weighted by Gasteiger charge is 2.29. The molecule has 1 N–H and O–H groups in total. The van der Waals surface area contributed by atoms with Crippen LogP contribution in [0.5, 0.6) is 0 Å². The lowest BCUT2D eigenvalue weighted by Crippen LogP contribution is -2.46. The number of ether oxygens (including phenoxy) is 1. The quantitative estimate of drug-likeness (QED) is 0.866. The molecule has 136 valence electrons. The van der Waals surface area contributed by atoms with E-state index in [4.69, 9.17) is 9.84 Å². The Balaban J connectivity index is 1.60. The Morgan fingerprint density at radius 1 is 1.44 bits per heavy atom. The minimum atomic E-state index is -0.867. The van der Waals surface area contributed by atoms with Crippen LogP contribution in [-0.4, -0.2) is 66.0 Å². The summed E-state index contributed by atoms with van der Waals surface area (Å²) in [5.74, 6) is -1.76. The molecule has 2 amide bonds. The van der Waals surface area contributed by atoms with E-state index in [1.54, 1.807) is 11.9 Å². The zero-order valence-corrected chi connectivity index (χ0v) is 15.0. The van der Waals surface area contributed by atoms with Crippen molar-refractivity contribution in [3.8, 4) is 0 Å². The molecule has 25 heavy (non-hydrogen) atoms. The number of carboxylic acids is 1. The molecule has 0 aliphatic carbocycles. The first kappa shape index (κ1) is 17.9. The number of carboxylic acid groups (broad SMARTS) is 1. The van der Waals surface area contributed by atoms with Gasteiger partial charge in [-0.3, -0.25) is 14.4 Å². The lowest BCUT2D eigenvalue weighted by atomic mass is 9.98. The lowest BCUT2D eigenvalue weighted by molar-refractivity contribution is -0.145. The lowest BCUT2D eigenvalue weighted by Gasteiger charge is -2.31. The summed E-state index contributed by atoms with van der Waals surface area (Å²) >= 11 is 1.46. The number of hydrogen-bond acceptors (Lipinski definition) is 5. The van der Waals surface area contributed by atoms with Gasteiger partial charge >= 0.3 is 5.97 Å². The van der Waals surface area contributed by atoms with Gasteiger partial charge in [0.15, 0.2) is 0 Å². The molecule has 2 aliphatic heterocycles. The van der Waals surface area contributed by atoms with E-state index in [9.17, 15) is 14.4 Å². The zero-order valence-electron chi connectivity index (χ0n) is 14.2. The molecule has 1 saturated heterocycles. The van der Waals surface area contributed by atoms with Gasteiger partial charge in [-0.2, -0.15) is 0 Å². The molecular formula is C17H22N2O5S. The minimum absolute atomic E-state index is 0.0375. The summed E-state index contributed by atoms with van der Waals surface area (Å²) in [6, 6.07) is 1.85. The number of carbonyl (C=O) groups is 3. The highest BCUT2D eigenvalue weighted by Crippen LogP contribution is 2.27. The smallest absolute Gasteiger partial charge is 0.308 e. The Labute approximate surface area is 150 Å². The van der Waals surface area contributed by atoms with E-state index in [0.717, 1.165) is 12.0 Å². The van der Waals surface area contributed by atoms with Crippen LogP contribution in [-0.2, 0) is 27.4 Å². The van der Waals surface area contributed by atoms with Gasteiger partial charge in [0.1, 0.15) is 0 Å². The van der Waals surface area contributed by atoms with Crippen LogP contribution in [0.4, 0.5) is 0 Å². The second-order valence-electron chi connectivity index (χ2n) is 6.54. The molecule has 1 atom stereocenters. The Kier molecular flexibility index (Phi) is 5.39. The van der Waals surface area contributed by atoms with Crippen LogP contribution in [0.3, 0.4) is 0 Å². The number of aliphatic carboxylic acids is 1. The van der Waals surface area contributed by atoms with Crippen molar-refractivity contribution in [3.63, 3.8) is 0 Å². The molecule has 0 aromatic carbocycles. The Morgan fingerprint density at radius 2 is 2.24 bits per heavy atom. The van der Waals surface area contributed by atoms with Crippen molar-refractivity contribution in [2.45, 2.75) is 25.9 Å². The molecule has 0 radical (unpaired) electrons.